The molecule has 0 radical (unpaired) electrons. The number of ether oxygens (including phenoxy) is 2. The molecule has 1 aliphatic rings. The van der Waals surface area contributed by atoms with Crippen molar-refractivity contribution >= 4 is 5.97 Å². The molecule has 1 fully saturated rings. The lowest BCUT2D eigenvalue weighted by Gasteiger charge is -2.39. The second-order valence-corrected chi connectivity index (χ2v) is 3.99. The van der Waals surface area contributed by atoms with E-state index in [-0.39, 0.29) is 12.0 Å². The summed E-state index contributed by atoms with van der Waals surface area (Å²) in [5.74, 6) is -0.213. The molecule has 0 aromatic carbocycles. The van der Waals surface area contributed by atoms with E-state index in [1.807, 2.05) is 0 Å². The van der Waals surface area contributed by atoms with Gasteiger partial charge in [0, 0.05) is 12.6 Å². The first-order chi connectivity index (χ1) is 7.74. The van der Waals surface area contributed by atoms with Gasteiger partial charge in [-0.3, -0.25) is 9.69 Å². The highest BCUT2D eigenvalue weighted by molar-refractivity contribution is 5.76. The molecule has 2 unspecified atom stereocenters. The topological polar surface area (TPSA) is 64.8 Å². The normalized spacial score (nSPS) is 24.1. The van der Waals surface area contributed by atoms with Gasteiger partial charge in [-0.2, -0.15) is 0 Å². The van der Waals surface area contributed by atoms with Crippen LogP contribution in [-0.2, 0) is 14.3 Å². The quantitative estimate of drug-likeness (QED) is 0.673. The van der Waals surface area contributed by atoms with E-state index in [2.05, 4.69) is 11.8 Å². The fourth-order valence-corrected chi connectivity index (χ4v) is 2.19. The number of hydrogen-bond acceptors (Lipinski definition) is 5. The Balaban J connectivity index is 2.67. The Kier molecular flexibility index (Phi) is 5.73. The van der Waals surface area contributed by atoms with Crippen molar-refractivity contribution in [1.82, 2.24) is 4.90 Å². The van der Waals surface area contributed by atoms with Crippen molar-refractivity contribution in [1.29, 1.82) is 0 Å². The predicted molar refractivity (Wildman–Crippen MR) is 61.1 cm³/mol. The van der Waals surface area contributed by atoms with Gasteiger partial charge in [-0.15, -0.1) is 0 Å². The molecule has 5 heteroatoms. The lowest BCUT2D eigenvalue weighted by atomic mass is 10.1. The molecule has 2 atom stereocenters. The number of morpholine rings is 1. The van der Waals surface area contributed by atoms with Crippen LogP contribution in [0.25, 0.3) is 0 Å². The van der Waals surface area contributed by atoms with Gasteiger partial charge in [0.05, 0.1) is 20.3 Å². The number of esters is 1. The van der Waals surface area contributed by atoms with Crippen LogP contribution in [0.1, 0.15) is 19.8 Å². The van der Waals surface area contributed by atoms with Gasteiger partial charge in [0.25, 0.3) is 0 Å². The Bertz CT molecular complexity index is 223. The zero-order valence-corrected chi connectivity index (χ0v) is 10.1. The molecule has 0 amide bonds. The van der Waals surface area contributed by atoms with E-state index in [0.717, 1.165) is 19.4 Å². The van der Waals surface area contributed by atoms with Crippen LogP contribution in [-0.4, -0.2) is 56.4 Å². The van der Waals surface area contributed by atoms with E-state index in [0.29, 0.717) is 25.8 Å². The van der Waals surface area contributed by atoms with E-state index in [4.69, 9.17) is 15.2 Å². The van der Waals surface area contributed by atoms with Gasteiger partial charge < -0.3 is 15.2 Å². The lowest BCUT2D eigenvalue weighted by molar-refractivity contribution is -0.155. The van der Waals surface area contributed by atoms with Gasteiger partial charge in [-0.25, -0.2) is 0 Å². The number of nitrogens with two attached hydrogens (primary N) is 1. The molecule has 5 nitrogen and oxygen atoms in total. The zero-order chi connectivity index (χ0) is 12.0. The molecular weight excluding hydrogens is 208 g/mol. The summed E-state index contributed by atoms with van der Waals surface area (Å²) in [4.78, 5) is 13.8. The first-order valence-electron chi connectivity index (χ1n) is 5.86. The van der Waals surface area contributed by atoms with Gasteiger partial charge in [-0.1, -0.05) is 6.92 Å². The average Bonchev–Trinajstić information content (AvgIpc) is 2.35. The van der Waals surface area contributed by atoms with E-state index in [1.54, 1.807) is 0 Å². The Morgan fingerprint density at radius 2 is 2.44 bits per heavy atom. The van der Waals surface area contributed by atoms with E-state index >= 15 is 0 Å². The molecule has 0 aromatic rings. The molecule has 16 heavy (non-hydrogen) atoms. The van der Waals surface area contributed by atoms with Crippen LogP contribution in [0.3, 0.4) is 0 Å². The van der Waals surface area contributed by atoms with Gasteiger partial charge >= 0.3 is 5.97 Å². The highest BCUT2D eigenvalue weighted by Crippen LogP contribution is 2.16. The maximum Gasteiger partial charge on any atom is 0.325 e. The molecule has 2 N–H and O–H groups in total. The minimum absolute atomic E-state index is 0.213. The molecule has 1 aliphatic heterocycles. The van der Waals surface area contributed by atoms with Gasteiger partial charge in [0.2, 0.25) is 0 Å². The summed E-state index contributed by atoms with van der Waals surface area (Å²) >= 11 is 0. The number of rotatable bonds is 5. The Labute approximate surface area is 96.9 Å². The third-order valence-electron chi connectivity index (χ3n) is 3.08. The zero-order valence-electron chi connectivity index (χ0n) is 10.1. The highest BCUT2D eigenvalue weighted by atomic mass is 16.5. The third kappa shape index (κ3) is 3.17. The second kappa shape index (κ2) is 6.83. The molecule has 0 saturated carbocycles. The second-order valence-electron chi connectivity index (χ2n) is 3.99. The van der Waals surface area contributed by atoms with Crippen molar-refractivity contribution in [2.75, 3.05) is 33.4 Å². The van der Waals surface area contributed by atoms with Crippen molar-refractivity contribution in [3.63, 3.8) is 0 Å². The minimum atomic E-state index is -0.268. The summed E-state index contributed by atoms with van der Waals surface area (Å²) in [5.41, 5.74) is 5.59. The van der Waals surface area contributed by atoms with Crippen molar-refractivity contribution in [2.45, 2.75) is 31.8 Å². The Morgan fingerprint density at radius 3 is 3.00 bits per heavy atom. The summed E-state index contributed by atoms with van der Waals surface area (Å²) in [5, 5.41) is 0. The smallest absolute Gasteiger partial charge is 0.325 e. The minimum Gasteiger partial charge on any atom is -0.468 e. The fraction of sp³-hybridized carbons (Fsp3) is 0.909. The van der Waals surface area contributed by atoms with Gasteiger partial charge in [0.1, 0.15) is 6.04 Å². The molecule has 0 aliphatic carbocycles. The predicted octanol–water partition coefficient (Wildman–Crippen LogP) is -0.0124. The van der Waals surface area contributed by atoms with Crippen molar-refractivity contribution < 1.29 is 14.3 Å². The molecule has 94 valence electrons. The van der Waals surface area contributed by atoms with Gasteiger partial charge in [-0.05, 0) is 19.4 Å². The molecule has 0 bridgehead atoms. The van der Waals surface area contributed by atoms with Crippen molar-refractivity contribution in [3.05, 3.63) is 0 Å². The number of hydrogen-bond donors (Lipinski definition) is 1. The third-order valence-corrected chi connectivity index (χ3v) is 3.08. The summed E-state index contributed by atoms with van der Waals surface area (Å²) in [6.45, 7) is 4.63. The van der Waals surface area contributed by atoms with Crippen LogP contribution in [0.15, 0.2) is 0 Å². The maximum absolute atomic E-state index is 11.6. The molecular formula is C11H22N2O3. The molecule has 1 rings (SSSR count). The highest BCUT2D eigenvalue weighted by Gasteiger charge is 2.33. The monoisotopic (exact) mass is 230 g/mol. The fourth-order valence-electron chi connectivity index (χ4n) is 2.19. The van der Waals surface area contributed by atoms with E-state index < -0.39 is 0 Å². The summed E-state index contributed by atoms with van der Waals surface area (Å²) in [7, 11) is 1.42. The van der Waals surface area contributed by atoms with Crippen LogP contribution >= 0.6 is 0 Å². The van der Waals surface area contributed by atoms with E-state index in [1.165, 1.54) is 7.11 Å². The van der Waals surface area contributed by atoms with Crippen LogP contribution in [0.4, 0.5) is 0 Å². The average molecular weight is 230 g/mol. The number of carbonyl (C=O) groups excluding carboxylic acids is 1. The molecule has 0 aromatic heterocycles. The molecule has 0 spiro atoms. The van der Waals surface area contributed by atoms with Crippen molar-refractivity contribution in [2.24, 2.45) is 5.73 Å². The summed E-state index contributed by atoms with van der Waals surface area (Å²) in [6, 6.07) is 0.0771. The molecule has 1 heterocycles. The van der Waals surface area contributed by atoms with Crippen LogP contribution < -0.4 is 5.73 Å². The Morgan fingerprint density at radius 1 is 1.69 bits per heavy atom. The lowest BCUT2D eigenvalue weighted by Crippen LogP contribution is -2.54. The number of nitrogens with zero attached hydrogens (tertiary/aromatic N) is 1. The SMILES string of the molecule is CCC(CCN)N1CCOCC1C(=O)OC. The van der Waals surface area contributed by atoms with Crippen LogP contribution in [0.5, 0.6) is 0 Å². The summed E-state index contributed by atoms with van der Waals surface area (Å²) < 4.78 is 10.1. The van der Waals surface area contributed by atoms with E-state index in [9.17, 15) is 4.79 Å². The first kappa shape index (κ1) is 13.4. The standard InChI is InChI=1S/C11H22N2O3/c1-3-9(4-5-12)13-6-7-16-8-10(13)11(14)15-2/h9-10H,3-8,12H2,1-2H3. The van der Waals surface area contributed by atoms with Crippen LogP contribution in [0.2, 0.25) is 0 Å². The number of carbonyl (C=O) groups is 1. The number of methoxy groups -OCH3 is 1. The van der Waals surface area contributed by atoms with Gasteiger partial charge in [0.15, 0.2) is 0 Å². The Hall–Kier alpha value is -0.650. The first-order valence-corrected chi connectivity index (χ1v) is 5.86. The maximum atomic E-state index is 11.6. The summed E-state index contributed by atoms with van der Waals surface area (Å²) in [6.07, 6.45) is 1.90. The van der Waals surface area contributed by atoms with Crippen LogP contribution in [0, 0.1) is 0 Å². The largest absolute Gasteiger partial charge is 0.468 e. The molecule has 1 saturated heterocycles. The van der Waals surface area contributed by atoms with Crippen molar-refractivity contribution in [3.8, 4) is 0 Å².